The van der Waals surface area contributed by atoms with Crippen LogP contribution < -0.4 is 4.74 Å². The maximum Gasteiger partial charge on any atom is 0.185 e. The van der Waals surface area contributed by atoms with Gasteiger partial charge in [-0.25, -0.2) is 9.19 Å². The summed E-state index contributed by atoms with van der Waals surface area (Å²) in [5.41, 5.74) is 0. The molecule has 0 amide bonds. The Morgan fingerprint density at radius 1 is 1.38 bits per heavy atom. The molecular formula is C10H18N2O2SSi. The molecule has 0 aromatic carbocycles. The third-order valence-corrected chi connectivity index (χ3v) is 6.38. The van der Waals surface area contributed by atoms with Crippen molar-refractivity contribution in [3.63, 3.8) is 0 Å². The molecule has 1 atom stereocenters. The summed E-state index contributed by atoms with van der Waals surface area (Å²) in [6.07, 6.45) is 3.21. The largest absolute Gasteiger partial charge is 0.495 e. The molecule has 0 saturated heterocycles. The fourth-order valence-electron chi connectivity index (χ4n) is 1.28. The van der Waals surface area contributed by atoms with E-state index >= 15 is 0 Å². The van der Waals surface area contributed by atoms with E-state index in [4.69, 9.17) is 4.74 Å². The molecule has 1 aromatic rings. The molecule has 1 unspecified atom stereocenters. The SMILES string of the molecule is COc1ccc(S(C)(=O)=N[Si](C)(C)C)nc1. The van der Waals surface area contributed by atoms with E-state index in [1.807, 2.05) is 0 Å². The molecule has 0 aliphatic carbocycles. The molecular weight excluding hydrogens is 240 g/mol. The van der Waals surface area contributed by atoms with Crippen LogP contribution >= 0.6 is 0 Å². The van der Waals surface area contributed by atoms with Gasteiger partial charge in [0, 0.05) is 6.26 Å². The molecule has 0 N–H and O–H groups in total. The van der Waals surface area contributed by atoms with Crippen LogP contribution in [-0.2, 0) is 9.73 Å². The van der Waals surface area contributed by atoms with Crippen LogP contribution in [0.25, 0.3) is 0 Å². The Kier molecular flexibility index (Phi) is 3.74. The first-order chi connectivity index (χ1) is 7.24. The van der Waals surface area contributed by atoms with Gasteiger partial charge in [-0.1, -0.05) is 0 Å². The molecule has 1 rings (SSSR count). The highest BCUT2D eigenvalue weighted by molar-refractivity contribution is 7.93. The molecule has 0 fully saturated rings. The predicted octanol–water partition coefficient (Wildman–Crippen LogP) is 2.38. The third-order valence-electron chi connectivity index (χ3n) is 1.78. The number of ether oxygens (including phenoxy) is 1. The van der Waals surface area contributed by atoms with Gasteiger partial charge in [0.15, 0.2) is 8.24 Å². The maximum absolute atomic E-state index is 12.4. The van der Waals surface area contributed by atoms with Crippen molar-refractivity contribution >= 4 is 18.0 Å². The van der Waals surface area contributed by atoms with Gasteiger partial charge in [0.25, 0.3) is 0 Å². The van der Waals surface area contributed by atoms with Gasteiger partial charge < -0.3 is 4.74 Å². The van der Waals surface area contributed by atoms with E-state index in [1.54, 1.807) is 31.7 Å². The number of pyridine rings is 1. The van der Waals surface area contributed by atoms with Crippen molar-refractivity contribution in [2.45, 2.75) is 24.7 Å². The second-order valence-electron chi connectivity index (χ2n) is 4.60. The van der Waals surface area contributed by atoms with E-state index in [0.717, 1.165) is 0 Å². The Bertz CT molecular complexity index is 471. The zero-order valence-corrected chi connectivity index (χ0v) is 12.2. The fraction of sp³-hybridized carbons (Fsp3) is 0.500. The van der Waals surface area contributed by atoms with E-state index in [9.17, 15) is 4.21 Å². The second kappa shape index (κ2) is 4.55. The molecule has 1 heterocycles. The second-order valence-corrected chi connectivity index (χ2v) is 11.7. The average molecular weight is 258 g/mol. The average Bonchev–Trinajstić information content (AvgIpc) is 2.14. The summed E-state index contributed by atoms with van der Waals surface area (Å²) in [7, 11) is -2.52. The minimum Gasteiger partial charge on any atom is -0.495 e. The van der Waals surface area contributed by atoms with Crippen LogP contribution in [0.5, 0.6) is 5.75 Å². The van der Waals surface area contributed by atoms with Crippen molar-refractivity contribution in [1.82, 2.24) is 4.98 Å². The van der Waals surface area contributed by atoms with Crippen LogP contribution in [0.2, 0.25) is 19.6 Å². The minimum atomic E-state index is -2.37. The quantitative estimate of drug-likeness (QED) is 0.782. The van der Waals surface area contributed by atoms with Gasteiger partial charge in [0.2, 0.25) is 0 Å². The van der Waals surface area contributed by atoms with Gasteiger partial charge in [0.05, 0.1) is 23.0 Å². The van der Waals surface area contributed by atoms with Crippen molar-refractivity contribution in [2.24, 2.45) is 4.03 Å². The molecule has 90 valence electrons. The Morgan fingerprint density at radius 3 is 2.38 bits per heavy atom. The molecule has 1 aromatic heterocycles. The van der Waals surface area contributed by atoms with Gasteiger partial charge in [0.1, 0.15) is 10.8 Å². The molecule has 0 aliphatic rings. The fourth-order valence-corrected chi connectivity index (χ4v) is 6.40. The molecule has 0 radical (unpaired) electrons. The van der Waals surface area contributed by atoms with Crippen LogP contribution in [0.3, 0.4) is 0 Å². The van der Waals surface area contributed by atoms with Crippen molar-refractivity contribution in [3.8, 4) is 5.75 Å². The summed E-state index contributed by atoms with van der Waals surface area (Å²) in [6.45, 7) is 6.17. The lowest BCUT2D eigenvalue weighted by molar-refractivity contribution is 0.412. The first kappa shape index (κ1) is 13.2. The van der Waals surface area contributed by atoms with Crippen LogP contribution in [-0.4, -0.2) is 30.8 Å². The highest BCUT2D eigenvalue weighted by Gasteiger charge is 2.17. The molecule has 16 heavy (non-hydrogen) atoms. The first-order valence-electron chi connectivity index (χ1n) is 4.98. The number of hydrogen-bond acceptors (Lipinski definition) is 4. The summed E-state index contributed by atoms with van der Waals surface area (Å²) in [6, 6.07) is 3.47. The zero-order valence-electron chi connectivity index (χ0n) is 10.4. The van der Waals surface area contributed by atoms with Crippen molar-refractivity contribution in [2.75, 3.05) is 13.4 Å². The lowest BCUT2D eigenvalue weighted by Gasteiger charge is -2.12. The van der Waals surface area contributed by atoms with Crippen molar-refractivity contribution < 1.29 is 8.95 Å². The van der Waals surface area contributed by atoms with E-state index in [2.05, 4.69) is 28.7 Å². The summed E-state index contributed by atoms with van der Waals surface area (Å²) < 4.78 is 21.8. The Labute approximate surface area is 98.3 Å². The molecule has 0 aliphatic heterocycles. The summed E-state index contributed by atoms with van der Waals surface area (Å²) in [4.78, 5) is 4.13. The standard InChI is InChI=1S/C10H18N2O2SSi/c1-14-9-6-7-10(11-8-9)15(2,13)12-16(3,4)5/h6-8H,1-5H3. The Balaban J connectivity index is 3.18. The first-order valence-corrected chi connectivity index (χ1v) is 10.3. The predicted molar refractivity (Wildman–Crippen MR) is 68.9 cm³/mol. The van der Waals surface area contributed by atoms with E-state index in [1.165, 1.54) is 0 Å². The molecule has 6 heteroatoms. The van der Waals surface area contributed by atoms with Gasteiger partial charge in [-0.05, 0) is 31.8 Å². The lowest BCUT2D eigenvalue weighted by Crippen LogP contribution is -2.19. The summed E-state index contributed by atoms with van der Waals surface area (Å²) in [5.74, 6) is 0.659. The monoisotopic (exact) mass is 258 g/mol. The van der Waals surface area contributed by atoms with Crippen molar-refractivity contribution in [3.05, 3.63) is 18.3 Å². The zero-order chi connectivity index (χ0) is 12.4. The third kappa shape index (κ3) is 3.60. The highest BCUT2D eigenvalue weighted by Crippen LogP contribution is 2.16. The number of rotatable bonds is 3. The molecule has 4 nitrogen and oxygen atoms in total. The highest BCUT2D eigenvalue weighted by atomic mass is 32.2. The van der Waals surface area contributed by atoms with Crippen LogP contribution in [0, 0.1) is 0 Å². The van der Waals surface area contributed by atoms with Gasteiger partial charge in [-0.2, -0.15) is 0 Å². The smallest absolute Gasteiger partial charge is 0.185 e. The Hall–Kier alpha value is -0.883. The number of aromatic nitrogens is 1. The van der Waals surface area contributed by atoms with Gasteiger partial charge >= 0.3 is 0 Å². The number of hydrogen-bond donors (Lipinski definition) is 0. The molecule has 0 spiro atoms. The number of nitrogens with zero attached hydrogens (tertiary/aromatic N) is 2. The molecule has 0 bridgehead atoms. The lowest BCUT2D eigenvalue weighted by atomic mass is 10.5. The molecule has 0 saturated carbocycles. The van der Waals surface area contributed by atoms with Crippen LogP contribution in [0.15, 0.2) is 27.4 Å². The van der Waals surface area contributed by atoms with E-state index in [0.29, 0.717) is 10.8 Å². The van der Waals surface area contributed by atoms with Gasteiger partial charge in [-0.3, -0.25) is 4.03 Å². The van der Waals surface area contributed by atoms with Crippen molar-refractivity contribution in [1.29, 1.82) is 0 Å². The Morgan fingerprint density at radius 2 is 2.00 bits per heavy atom. The van der Waals surface area contributed by atoms with E-state index in [-0.39, 0.29) is 0 Å². The van der Waals surface area contributed by atoms with Crippen LogP contribution in [0.4, 0.5) is 0 Å². The number of methoxy groups -OCH3 is 1. The van der Waals surface area contributed by atoms with Gasteiger partial charge in [-0.15, -0.1) is 0 Å². The maximum atomic E-state index is 12.4. The topological polar surface area (TPSA) is 51.5 Å². The van der Waals surface area contributed by atoms with E-state index < -0.39 is 18.0 Å². The summed E-state index contributed by atoms with van der Waals surface area (Å²) in [5, 5.41) is 0.524. The van der Waals surface area contributed by atoms with Crippen LogP contribution in [0.1, 0.15) is 0 Å². The normalized spacial score (nSPS) is 15.3. The minimum absolute atomic E-state index is 0.524. The summed E-state index contributed by atoms with van der Waals surface area (Å²) >= 11 is 0.